The van der Waals surface area contributed by atoms with Crippen LogP contribution in [0.1, 0.15) is 44.9 Å². The van der Waals surface area contributed by atoms with E-state index in [4.69, 9.17) is 9.40 Å². The molecule has 0 radical (unpaired) electrons. The summed E-state index contributed by atoms with van der Waals surface area (Å²) in [5, 5.41) is 3.25. The summed E-state index contributed by atoms with van der Waals surface area (Å²) in [6, 6.07) is 20.4. The first kappa shape index (κ1) is 20.0. The molecule has 1 amide bonds. The van der Waals surface area contributed by atoms with E-state index >= 15 is 0 Å². The normalized spacial score (nSPS) is 23.1. The van der Waals surface area contributed by atoms with Gasteiger partial charge in [-0.05, 0) is 43.9 Å². The van der Waals surface area contributed by atoms with Gasteiger partial charge in [0.2, 0.25) is 5.91 Å². The maximum absolute atomic E-state index is 12.6. The van der Waals surface area contributed by atoms with Gasteiger partial charge in [0, 0.05) is 30.0 Å². The Balaban J connectivity index is 1.27. The van der Waals surface area contributed by atoms with Crippen molar-refractivity contribution >= 4 is 5.91 Å². The van der Waals surface area contributed by atoms with E-state index < -0.39 is 0 Å². The van der Waals surface area contributed by atoms with E-state index in [0.29, 0.717) is 24.7 Å². The molecule has 4 heteroatoms. The molecule has 4 nitrogen and oxygen atoms in total. The van der Waals surface area contributed by atoms with Crippen molar-refractivity contribution in [1.29, 1.82) is 0 Å². The van der Waals surface area contributed by atoms with Gasteiger partial charge in [-0.25, -0.2) is 4.98 Å². The molecule has 2 bridgehead atoms. The van der Waals surface area contributed by atoms with E-state index in [1.54, 1.807) is 0 Å². The Labute approximate surface area is 184 Å². The third-order valence-electron chi connectivity index (χ3n) is 7.14. The Morgan fingerprint density at radius 2 is 1.74 bits per heavy atom. The number of amides is 1. The third kappa shape index (κ3) is 4.30. The van der Waals surface area contributed by atoms with Crippen LogP contribution >= 0.6 is 0 Å². The highest BCUT2D eigenvalue weighted by Gasteiger charge is 2.42. The average molecular weight is 415 g/mol. The SMILES string of the molecule is C[C@H](NC(=O)CCc1nc(-c2ccccc2)c(-c2ccccc2)o1)[C@H]1C[C@H]2CC[C@H]1C2. The molecule has 1 aromatic heterocycles. The highest BCUT2D eigenvalue weighted by molar-refractivity contribution is 5.78. The number of rotatable bonds is 7. The van der Waals surface area contributed by atoms with Crippen LogP contribution in [0.3, 0.4) is 0 Å². The van der Waals surface area contributed by atoms with Crippen LogP contribution in [0, 0.1) is 17.8 Å². The summed E-state index contributed by atoms with van der Waals surface area (Å²) >= 11 is 0. The van der Waals surface area contributed by atoms with Gasteiger partial charge in [-0.1, -0.05) is 67.1 Å². The fraction of sp³-hybridized carbons (Fsp3) is 0.407. The lowest BCUT2D eigenvalue weighted by Gasteiger charge is -2.28. The Hall–Kier alpha value is -2.88. The standard InChI is InChI=1S/C27H30N2O2/c1-18(23-17-19-12-13-22(23)16-19)28-24(30)14-15-25-29-26(20-8-4-2-5-9-20)27(31-25)21-10-6-3-7-11-21/h2-11,18-19,22-23H,12-17H2,1H3,(H,28,30)/t18-,19-,22-,23+/m0/s1. The minimum atomic E-state index is 0.0935. The van der Waals surface area contributed by atoms with Crippen molar-refractivity contribution in [1.82, 2.24) is 10.3 Å². The highest BCUT2D eigenvalue weighted by atomic mass is 16.4. The molecule has 0 aliphatic heterocycles. The molecule has 0 unspecified atom stereocenters. The molecule has 1 heterocycles. The van der Waals surface area contributed by atoms with Crippen LogP contribution in [-0.2, 0) is 11.2 Å². The fourth-order valence-electron chi connectivity index (χ4n) is 5.61. The minimum Gasteiger partial charge on any atom is -0.440 e. The number of fused-ring (bicyclic) bond motifs is 2. The van der Waals surface area contributed by atoms with Crippen molar-refractivity contribution in [3.8, 4) is 22.6 Å². The zero-order valence-corrected chi connectivity index (χ0v) is 18.1. The number of aromatic nitrogens is 1. The van der Waals surface area contributed by atoms with Crippen molar-refractivity contribution in [2.24, 2.45) is 17.8 Å². The lowest BCUT2D eigenvalue weighted by molar-refractivity contribution is -0.122. The lowest BCUT2D eigenvalue weighted by Crippen LogP contribution is -2.40. The van der Waals surface area contributed by atoms with Crippen molar-refractivity contribution in [3.05, 3.63) is 66.6 Å². The predicted octanol–water partition coefficient (Wildman–Crippen LogP) is 5.88. The topological polar surface area (TPSA) is 55.1 Å². The molecular formula is C27H30N2O2. The minimum absolute atomic E-state index is 0.0935. The summed E-state index contributed by atoms with van der Waals surface area (Å²) in [6.07, 6.45) is 6.28. The molecule has 2 aromatic carbocycles. The van der Waals surface area contributed by atoms with Gasteiger partial charge in [0.05, 0.1) is 0 Å². The van der Waals surface area contributed by atoms with Gasteiger partial charge >= 0.3 is 0 Å². The maximum Gasteiger partial charge on any atom is 0.220 e. The zero-order valence-electron chi connectivity index (χ0n) is 18.1. The summed E-state index contributed by atoms with van der Waals surface area (Å²) in [5.41, 5.74) is 2.85. The van der Waals surface area contributed by atoms with E-state index in [1.165, 1.54) is 25.7 Å². The molecule has 160 valence electrons. The van der Waals surface area contributed by atoms with Crippen LogP contribution in [0.4, 0.5) is 0 Å². The smallest absolute Gasteiger partial charge is 0.220 e. The van der Waals surface area contributed by atoms with Crippen LogP contribution in [-0.4, -0.2) is 16.9 Å². The molecule has 2 aliphatic carbocycles. The molecule has 2 fully saturated rings. The van der Waals surface area contributed by atoms with E-state index in [2.05, 4.69) is 12.2 Å². The summed E-state index contributed by atoms with van der Waals surface area (Å²) in [6.45, 7) is 2.18. The molecule has 31 heavy (non-hydrogen) atoms. The summed E-state index contributed by atoms with van der Waals surface area (Å²) in [4.78, 5) is 17.4. The van der Waals surface area contributed by atoms with Crippen molar-refractivity contribution in [2.75, 3.05) is 0 Å². The molecule has 5 rings (SSSR count). The number of carbonyl (C=O) groups is 1. The first-order valence-corrected chi connectivity index (χ1v) is 11.6. The molecule has 4 atom stereocenters. The summed E-state index contributed by atoms with van der Waals surface area (Å²) < 4.78 is 6.16. The van der Waals surface area contributed by atoms with E-state index in [1.807, 2.05) is 60.7 Å². The Kier molecular flexibility index (Phi) is 5.63. The molecular weight excluding hydrogens is 384 g/mol. The first-order valence-electron chi connectivity index (χ1n) is 11.6. The van der Waals surface area contributed by atoms with Crippen LogP contribution in [0.25, 0.3) is 22.6 Å². The molecule has 2 saturated carbocycles. The van der Waals surface area contributed by atoms with E-state index in [9.17, 15) is 4.79 Å². The Morgan fingerprint density at radius 1 is 1.03 bits per heavy atom. The number of benzene rings is 2. The van der Waals surface area contributed by atoms with Crippen LogP contribution in [0.2, 0.25) is 0 Å². The average Bonchev–Trinajstić information content (AvgIpc) is 3.55. The molecule has 0 spiro atoms. The van der Waals surface area contributed by atoms with E-state index in [0.717, 1.165) is 34.4 Å². The van der Waals surface area contributed by atoms with Gasteiger partial charge < -0.3 is 9.73 Å². The van der Waals surface area contributed by atoms with Gasteiger partial charge in [-0.15, -0.1) is 0 Å². The van der Waals surface area contributed by atoms with Gasteiger partial charge in [-0.3, -0.25) is 4.79 Å². The summed E-state index contributed by atoms with van der Waals surface area (Å²) in [7, 11) is 0. The van der Waals surface area contributed by atoms with Gasteiger partial charge in [0.25, 0.3) is 0 Å². The monoisotopic (exact) mass is 414 g/mol. The molecule has 3 aromatic rings. The second kappa shape index (κ2) is 8.70. The second-order valence-corrected chi connectivity index (χ2v) is 9.21. The molecule has 0 saturated heterocycles. The van der Waals surface area contributed by atoms with Crippen molar-refractivity contribution < 1.29 is 9.21 Å². The van der Waals surface area contributed by atoms with Crippen LogP contribution in [0.5, 0.6) is 0 Å². The van der Waals surface area contributed by atoms with Crippen LogP contribution < -0.4 is 5.32 Å². The number of aryl methyl sites for hydroxylation is 1. The summed E-state index contributed by atoms with van der Waals surface area (Å²) in [5.74, 6) is 3.83. The number of nitrogens with one attached hydrogen (secondary N) is 1. The third-order valence-corrected chi connectivity index (χ3v) is 7.14. The van der Waals surface area contributed by atoms with E-state index in [-0.39, 0.29) is 11.9 Å². The van der Waals surface area contributed by atoms with Gasteiger partial charge in [-0.2, -0.15) is 0 Å². The van der Waals surface area contributed by atoms with Gasteiger partial charge in [0.15, 0.2) is 11.7 Å². The van der Waals surface area contributed by atoms with Crippen molar-refractivity contribution in [3.63, 3.8) is 0 Å². The lowest BCUT2D eigenvalue weighted by atomic mass is 9.84. The van der Waals surface area contributed by atoms with Gasteiger partial charge in [0.1, 0.15) is 5.69 Å². The number of hydrogen-bond acceptors (Lipinski definition) is 3. The molecule has 2 aliphatic rings. The number of hydrogen-bond donors (Lipinski definition) is 1. The second-order valence-electron chi connectivity index (χ2n) is 9.21. The Morgan fingerprint density at radius 3 is 2.39 bits per heavy atom. The number of carbonyl (C=O) groups excluding carboxylic acids is 1. The largest absolute Gasteiger partial charge is 0.440 e. The first-order chi connectivity index (χ1) is 15.2. The van der Waals surface area contributed by atoms with Crippen molar-refractivity contribution in [2.45, 2.75) is 51.5 Å². The zero-order chi connectivity index (χ0) is 21.2. The highest BCUT2D eigenvalue weighted by Crippen LogP contribution is 2.49. The number of oxazole rings is 1. The quantitative estimate of drug-likeness (QED) is 0.525. The number of nitrogens with zero attached hydrogens (tertiary/aromatic N) is 1. The fourth-order valence-corrected chi connectivity index (χ4v) is 5.61. The maximum atomic E-state index is 12.6. The Bertz CT molecular complexity index is 971. The predicted molar refractivity (Wildman–Crippen MR) is 122 cm³/mol. The molecule has 1 N–H and O–H groups in total. The van der Waals surface area contributed by atoms with Crippen LogP contribution in [0.15, 0.2) is 65.1 Å².